The zero-order chi connectivity index (χ0) is 14.5. The Labute approximate surface area is 114 Å². The van der Waals surface area contributed by atoms with Crippen LogP contribution in [0.3, 0.4) is 0 Å². The number of carboxylic acid groups (broad SMARTS) is 1. The second kappa shape index (κ2) is 5.92. The average molecular weight is 274 g/mol. The number of aliphatic carboxylic acids is 1. The van der Waals surface area contributed by atoms with E-state index < -0.39 is 17.8 Å². The first-order chi connectivity index (χ1) is 9.54. The maximum absolute atomic E-state index is 12.9. The zero-order valence-electron chi connectivity index (χ0n) is 10.3. The molecule has 0 saturated carbocycles. The van der Waals surface area contributed by atoms with Crippen molar-refractivity contribution in [3.8, 4) is 0 Å². The van der Waals surface area contributed by atoms with Crippen molar-refractivity contribution in [3.05, 3.63) is 59.7 Å². The number of anilines is 1. The van der Waals surface area contributed by atoms with Gasteiger partial charge in [0, 0.05) is 23.5 Å². The molecule has 0 bridgehead atoms. The molecule has 0 fully saturated rings. The van der Waals surface area contributed by atoms with E-state index in [1.165, 1.54) is 12.3 Å². The first-order valence-electron chi connectivity index (χ1n) is 5.78. The fourth-order valence-corrected chi connectivity index (χ4v) is 1.63. The van der Waals surface area contributed by atoms with Gasteiger partial charge in [0.05, 0.1) is 6.42 Å². The van der Waals surface area contributed by atoms with Crippen LogP contribution >= 0.6 is 0 Å². The van der Waals surface area contributed by atoms with Crippen molar-refractivity contribution >= 4 is 17.6 Å². The van der Waals surface area contributed by atoms with E-state index in [1.54, 1.807) is 24.3 Å². The van der Waals surface area contributed by atoms with Gasteiger partial charge in [-0.25, -0.2) is 4.98 Å². The molecule has 1 amide bonds. The largest absolute Gasteiger partial charge is 0.481 e. The lowest BCUT2D eigenvalue weighted by molar-refractivity contribution is -0.136. The molecule has 1 aromatic heterocycles. The van der Waals surface area contributed by atoms with Crippen molar-refractivity contribution in [2.24, 2.45) is 0 Å². The van der Waals surface area contributed by atoms with Crippen molar-refractivity contribution in [1.82, 2.24) is 4.98 Å². The molecule has 2 rings (SSSR count). The molecule has 0 aliphatic rings. The molecule has 2 aromatic rings. The first-order valence-corrected chi connectivity index (χ1v) is 5.78. The van der Waals surface area contributed by atoms with Crippen molar-refractivity contribution in [2.45, 2.75) is 6.42 Å². The van der Waals surface area contributed by atoms with Crippen LogP contribution in [0.15, 0.2) is 42.6 Å². The van der Waals surface area contributed by atoms with Gasteiger partial charge >= 0.3 is 5.97 Å². The molecular weight excluding hydrogens is 263 g/mol. The quantitative estimate of drug-likeness (QED) is 0.837. The summed E-state index contributed by atoms with van der Waals surface area (Å²) in [5, 5.41) is 11.2. The number of aromatic nitrogens is 1. The average Bonchev–Trinajstić information content (AvgIpc) is 2.40. The van der Waals surface area contributed by atoms with Gasteiger partial charge in [0.1, 0.15) is 0 Å². The van der Waals surface area contributed by atoms with Crippen LogP contribution in [0, 0.1) is 5.95 Å². The number of pyridine rings is 1. The first kappa shape index (κ1) is 13.7. The summed E-state index contributed by atoms with van der Waals surface area (Å²) < 4.78 is 12.9. The molecule has 2 N–H and O–H groups in total. The van der Waals surface area contributed by atoms with Gasteiger partial charge in [-0.1, -0.05) is 12.1 Å². The molecule has 1 aromatic carbocycles. The smallest absolute Gasteiger partial charge is 0.307 e. The minimum Gasteiger partial charge on any atom is -0.481 e. The summed E-state index contributed by atoms with van der Waals surface area (Å²) in [5.74, 6) is -2.11. The number of hydrogen-bond acceptors (Lipinski definition) is 3. The fourth-order valence-electron chi connectivity index (χ4n) is 1.63. The van der Waals surface area contributed by atoms with Crippen LogP contribution in [0.25, 0.3) is 0 Å². The number of halogens is 1. The Balaban J connectivity index is 2.06. The number of nitrogens with one attached hydrogen (secondary N) is 1. The van der Waals surface area contributed by atoms with E-state index in [-0.39, 0.29) is 12.0 Å². The lowest BCUT2D eigenvalue weighted by Gasteiger charge is -2.06. The molecule has 20 heavy (non-hydrogen) atoms. The van der Waals surface area contributed by atoms with E-state index in [0.29, 0.717) is 11.3 Å². The highest BCUT2D eigenvalue weighted by Crippen LogP contribution is 2.12. The SMILES string of the molecule is O=C(O)Cc1ccc(NC(=O)c2ccnc(F)c2)cc1. The number of hydrogen-bond donors (Lipinski definition) is 2. The Kier molecular flexibility index (Phi) is 4.05. The van der Waals surface area contributed by atoms with E-state index >= 15 is 0 Å². The minimum absolute atomic E-state index is 0.0796. The number of nitrogens with zero attached hydrogens (tertiary/aromatic N) is 1. The third kappa shape index (κ3) is 3.61. The molecule has 102 valence electrons. The predicted molar refractivity (Wildman–Crippen MR) is 69.9 cm³/mol. The van der Waals surface area contributed by atoms with Crippen molar-refractivity contribution in [1.29, 1.82) is 0 Å². The van der Waals surface area contributed by atoms with E-state index in [9.17, 15) is 14.0 Å². The van der Waals surface area contributed by atoms with Crippen LogP contribution < -0.4 is 5.32 Å². The number of benzene rings is 1. The summed E-state index contributed by atoms with van der Waals surface area (Å²) in [7, 11) is 0. The van der Waals surface area contributed by atoms with Crippen molar-refractivity contribution in [2.75, 3.05) is 5.32 Å². The molecule has 0 radical (unpaired) electrons. The molecule has 0 saturated heterocycles. The number of carboxylic acids is 1. The van der Waals surface area contributed by atoms with Crippen LogP contribution in [-0.2, 0) is 11.2 Å². The Morgan fingerprint density at radius 2 is 1.90 bits per heavy atom. The van der Waals surface area contributed by atoms with Gasteiger partial charge in [-0.3, -0.25) is 9.59 Å². The maximum Gasteiger partial charge on any atom is 0.307 e. The van der Waals surface area contributed by atoms with E-state index in [4.69, 9.17) is 5.11 Å². The normalized spacial score (nSPS) is 10.1. The minimum atomic E-state index is -0.922. The summed E-state index contributed by atoms with van der Waals surface area (Å²) >= 11 is 0. The molecule has 0 aliphatic carbocycles. The zero-order valence-corrected chi connectivity index (χ0v) is 10.3. The highest BCUT2D eigenvalue weighted by molar-refractivity contribution is 6.04. The predicted octanol–water partition coefficient (Wildman–Crippen LogP) is 2.10. The Bertz CT molecular complexity index is 641. The monoisotopic (exact) mass is 274 g/mol. The standard InChI is InChI=1S/C14H11FN2O3/c15-12-8-10(5-6-16-12)14(20)17-11-3-1-9(2-4-11)7-13(18)19/h1-6,8H,7H2,(H,17,20)(H,18,19). The van der Waals surface area contributed by atoms with Gasteiger partial charge in [-0.05, 0) is 23.8 Å². The summed E-state index contributed by atoms with van der Waals surface area (Å²) in [5.41, 5.74) is 1.29. The maximum atomic E-state index is 12.9. The Morgan fingerprint density at radius 1 is 1.20 bits per heavy atom. The topological polar surface area (TPSA) is 79.3 Å². The van der Waals surface area contributed by atoms with Gasteiger partial charge in [-0.15, -0.1) is 0 Å². The number of amides is 1. The van der Waals surface area contributed by atoms with Gasteiger partial charge in [0.15, 0.2) is 0 Å². The van der Waals surface area contributed by atoms with Crippen molar-refractivity contribution < 1.29 is 19.1 Å². The fraction of sp³-hybridized carbons (Fsp3) is 0.0714. The highest BCUT2D eigenvalue weighted by Gasteiger charge is 2.07. The molecule has 0 spiro atoms. The summed E-state index contributed by atoms with van der Waals surface area (Å²) in [4.78, 5) is 25.7. The van der Waals surface area contributed by atoms with Crippen LogP contribution in [0.4, 0.5) is 10.1 Å². The van der Waals surface area contributed by atoms with Gasteiger partial charge in [0.25, 0.3) is 5.91 Å². The number of carbonyl (C=O) groups is 2. The lowest BCUT2D eigenvalue weighted by atomic mass is 10.1. The van der Waals surface area contributed by atoms with Crippen LogP contribution in [-0.4, -0.2) is 22.0 Å². The van der Waals surface area contributed by atoms with E-state index in [0.717, 1.165) is 6.07 Å². The summed E-state index contributed by atoms with van der Waals surface area (Å²) in [6, 6.07) is 8.83. The Hall–Kier alpha value is -2.76. The van der Waals surface area contributed by atoms with Crippen LogP contribution in [0.1, 0.15) is 15.9 Å². The summed E-state index contributed by atoms with van der Waals surface area (Å²) in [6.07, 6.45) is 1.13. The third-order valence-electron chi connectivity index (χ3n) is 2.56. The van der Waals surface area contributed by atoms with Gasteiger partial charge in [-0.2, -0.15) is 4.39 Å². The molecule has 0 atom stereocenters. The molecular formula is C14H11FN2O3. The molecule has 0 aliphatic heterocycles. The van der Waals surface area contributed by atoms with Gasteiger partial charge in [0.2, 0.25) is 5.95 Å². The molecule has 1 heterocycles. The van der Waals surface area contributed by atoms with Crippen LogP contribution in [0.2, 0.25) is 0 Å². The second-order valence-corrected chi connectivity index (χ2v) is 4.09. The number of rotatable bonds is 4. The van der Waals surface area contributed by atoms with Crippen molar-refractivity contribution in [3.63, 3.8) is 0 Å². The van der Waals surface area contributed by atoms with E-state index in [2.05, 4.69) is 10.3 Å². The highest BCUT2D eigenvalue weighted by atomic mass is 19.1. The van der Waals surface area contributed by atoms with Gasteiger partial charge < -0.3 is 10.4 Å². The third-order valence-corrected chi connectivity index (χ3v) is 2.56. The summed E-state index contributed by atoms with van der Waals surface area (Å²) in [6.45, 7) is 0. The lowest BCUT2D eigenvalue weighted by Crippen LogP contribution is -2.12. The van der Waals surface area contributed by atoms with Crippen LogP contribution in [0.5, 0.6) is 0 Å². The molecule has 6 heteroatoms. The molecule has 5 nitrogen and oxygen atoms in total. The Morgan fingerprint density at radius 3 is 2.50 bits per heavy atom. The molecule has 0 unspecified atom stereocenters. The second-order valence-electron chi connectivity index (χ2n) is 4.09. The van der Waals surface area contributed by atoms with E-state index in [1.807, 2.05) is 0 Å². The number of carbonyl (C=O) groups excluding carboxylic acids is 1.